The van der Waals surface area contributed by atoms with E-state index in [2.05, 4.69) is 43.1 Å². The molecule has 0 saturated heterocycles. The van der Waals surface area contributed by atoms with Gasteiger partial charge in [0.2, 0.25) is 0 Å². The van der Waals surface area contributed by atoms with Gasteiger partial charge >= 0.3 is 0 Å². The summed E-state index contributed by atoms with van der Waals surface area (Å²) in [6.45, 7) is 2.19. The lowest BCUT2D eigenvalue weighted by atomic mass is 9.90. The summed E-state index contributed by atoms with van der Waals surface area (Å²) >= 11 is 0. The van der Waals surface area contributed by atoms with Gasteiger partial charge in [0.05, 0.1) is 0 Å². The molecule has 1 aliphatic carbocycles. The van der Waals surface area contributed by atoms with Crippen molar-refractivity contribution in [2.24, 2.45) is 5.73 Å². The van der Waals surface area contributed by atoms with Crippen LogP contribution in [0.3, 0.4) is 0 Å². The van der Waals surface area contributed by atoms with Crippen LogP contribution >= 0.6 is 0 Å². The van der Waals surface area contributed by atoms with Crippen molar-refractivity contribution in [3.8, 4) is 0 Å². The highest BCUT2D eigenvalue weighted by molar-refractivity contribution is 5.48. The van der Waals surface area contributed by atoms with Crippen molar-refractivity contribution in [3.63, 3.8) is 0 Å². The Morgan fingerprint density at radius 2 is 1.94 bits per heavy atom. The van der Waals surface area contributed by atoms with Crippen LogP contribution in [0, 0.1) is 0 Å². The molecule has 0 aromatic heterocycles. The molecule has 1 aliphatic rings. The molecule has 2 unspecified atom stereocenters. The van der Waals surface area contributed by atoms with E-state index in [4.69, 9.17) is 5.73 Å². The number of rotatable bonds is 3. The number of nitrogens with two attached hydrogens (primary N) is 1. The lowest BCUT2D eigenvalue weighted by Gasteiger charge is -2.35. The van der Waals surface area contributed by atoms with Gasteiger partial charge in [0.1, 0.15) is 0 Å². The van der Waals surface area contributed by atoms with Gasteiger partial charge in [-0.2, -0.15) is 0 Å². The standard InChI is InChI=1S/C15H24N2/c1-3-12-7-9-14(10-8-12)17(2)15-6-4-5-13(16)11-15/h7-10,13,15H,3-6,11,16H2,1-2H3. The average molecular weight is 232 g/mol. The minimum absolute atomic E-state index is 0.395. The maximum absolute atomic E-state index is 6.06. The molecule has 0 amide bonds. The SMILES string of the molecule is CCc1ccc(N(C)C2CCCC(N)C2)cc1. The maximum atomic E-state index is 6.06. The van der Waals surface area contributed by atoms with Crippen LogP contribution in [0.25, 0.3) is 0 Å². The Kier molecular flexibility index (Phi) is 4.06. The van der Waals surface area contributed by atoms with Crippen LogP contribution in [0.5, 0.6) is 0 Å². The molecule has 1 fully saturated rings. The summed E-state index contributed by atoms with van der Waals surface area (Å²) in [7, 11) is 2.20. The first-order valence-corrected chi connectivity index (χ1v) is 6.78. The van der Waals surface area contributed by atoms with Gasteiger partial charge in [-0.25, -0.2) is 0 Å². The third-order valence-electron chi connectivity index (χ3n) is 3.99. The number of hydrogen-bond donors (Lipinski definition) is 1. The molecule has 1 saturated carbocycles. The van der Waals surface area contributed by atoms with E-state index in [-0.39, 0.29) is 0 Å². The van der Waals surface area contributed by atoms with E-state index < -0.39 is 0 Å². The molecular formula is C15H24N2. The third kappa shape index (κ3) is 3.01. The van der Waals surface area contributed by atoms with Crippen LogP contribution in [0.4, 0.5) is 5.69 Å². The first-order chi connectivity index (χ1) is 8.20. The minimum Gasteiger partial charge on any atom is -0.372 e. The molecule has 0 radical (unpaired) electrons. The van der Waals surface area contributed by atoms with Crippen molar-refractivity contribution in [3.05, 3.63) is 29.8 Å². The Morgan fingerprint density at radius 1 is 1.24 bits per heavy atom. The molecule has 0 aliphatic heterocycles. The number of aryl methyl sites for hydroxylation is 1. The lowest BCUT2D eigenvalue weighted by Crippen LogP contribution is -2.40. The van der Waals surface area contributed by atoms with Gasteiger partial charge in [0.25, 0.3) is 0 Å². The molecule has 1 aromatic carbocycles. The first kappa shape index (κ1) is 12.4. The summed E-state index contributed by atoms with van der Waals surface area (Å²) in [5, 5.41) is 0. The quantitative estimate of drug-likeness (QED) is 0.868. The largest absolute Gasteiger partial charge is 0.372 e. The molecule has 2 atom stereocenters. The fraction of sp³-hybridized carbons (Fsp3) is 0.600. The fourth-order valence-electron chi connectivity index (χ4n) is 2.73. The van der Waals surface area contributed by atoms with Crippen LogP contribution in [0.1, 0.15) is 38.2 Å². The second-order valence-electron chi connectivity index (χ2n) is 5.21. The van der Waals surface area contributed by atoms with Gasteiger partial charge in [-0.1, -0.05) is 19.1 Å². The van der Waals surface area contributed by atoms with Crippen molar-refractivity contribution in [1.82, 2.24) is 0 Å². The van der Waals surface area contributed by atoms with Gasteiger partial charge in [-0.3, -0.25) is 0 Å². The van der Waals surface area contributed by atoms with Crippen molar-refractivity contribution in [2.75, 3.05) is 11.9 Å². The van der Waals surface area contributed by atoms with Crippen LogP contribution in [0.2, 0.25) is 0 Å². The topological polar surface area (TPSA) is 29.3 Å². The predicted molar refractivity (Wildman–Crippen MR) is 74.5 cm³/mol. The zero-order chi connectivity index (χ0) is 12.3. The maximum Gasteiger partial charge on any atom is 0.0366 e. The van der Waals surface area contributed by atoms with Gasteiger partial charge in [-0.05, 0) is 49.8 Å². The highest BCUT2D eigenvalue weighted by Crippen LogP contribution is 2.25. The lowest BCUT2D eigenvalue weighted by molar-refractivity contribution is 0.382. The van der Waals surface area contributed by atoms with E-state index in [0.29, 0.717) is 12.1 Å². The molecule has 2 nitrogen and oxygen atoms in total. The summed E-state index contributed by atoms with van der Waals surface area (Å²) in [6, 6.07) is 9.94. The molecule has 0 heterocycles. The normalized spacial score (nSPS) is 24.6. The Hall–Kier alpha value is -1.02. The third-order valence-corrected chi connectivity index (χ3v) is 3.99. The number of hydrogen-bond acceptors (Lipinski definition) is 2. The summed E-state index contributed by atoms with van der Waals surface area (Å²) in [6.07, 6.45) is 5.98. The minimum atomic E-state index is 0.395. The molecule has 0 bridgehead atoms. The Balaban J connectivity index is 2.04. The smallest absolute Gasteiger partial charge is 0.0366 e. The highest BCUT2D eigenvalue weighted by Gasteiger charge is 2.22. The molecule has 2 heteroatoms. The van der Waals surface area contributed by atoms with Gasteiger partial charge in [0, 0.05) is 24.8 Å². The summed E-state index contributed by atoms with van der Waals surface area (Å²) < 4.78 is 0. The molecule has 17 heavy (non-hydrogen) atoms. The second kappa shape index (κ2) is 5.54. The van der Waals surface area contributed by atoms with Crippen LogP contribution < -0.4 is 10.6 Å². The Morgan fingerprint density at radius 3 is 2.53 bits per heavy atom. The van der Waals surface area contributed by atoms with Crippen molar-refractivity contribution >= 4 is 5.69 Å². The van der Waals surface area contributed by atoms with E-state index in [0.717, 1.165) is 12.8 Å². The zero-order valence-electron chi connectivity index (χ0n) is 11.0. The molecular weight excluding hydrogens is 208 g/mol. The summed E-state index contributed by atoms with van der Waals surface area (Å²) in [4.78, 5) is 2.40. The van der Waals surface area contributed by atoms with Gasteiger partial charge in [0.15, 0.2) is 0 Å². The molecule has 2 rings (SSSR count). The Labute approximate surface area is 105 Å². The van der Waals surface area contributed by atoms with Crippen LogP contribution in [-0.2, 0) is 6.42 Å². The van der Waals surface area contributed by atoms with E-state index in [1.807, 2.05) is 0 Å². The van der Waals surface area contributed by atoms with Crippen LogP contribution in [0.15, 0.2) is 24.3 Å². The number of nitrogens with zero attached hydrogens (tertiary/aromatic N) is 1. The van der Waals surface area contributed by atoms with E-state index in [9.17, 15) is 0 Å². The monoisotopic (exact) mass is 232 g/mol. The van der Waals surface area contributed by atoms with E-state index in [1.54, 1.807) is 0 Å². The molecule has 94 valence electrons. The first-order valence-electron chi connectivity index (χ1n) is 6.78. The van der Waals surface area contributed by atoms with Crippen molar-refractivity contribution < 1.29 is 0 Å². The zero-order valence-corrected chi connectivity index (χ0v) is 11.0. The second-order valence-corrected chi connectivity index (χ2v) is 5.21. The molecule has 0 spiro atoms. The Bertz CT molecular complexity index is 344. The number of benzene rings is 1. The predicted octanol–water partition coefficient (Wildman–Crippen LogP) is 2.96. The molecule has 1 aromatic rings. The van der Waals surface area contributed by atoms with E-state index in [1.165, 1.54) is 30.5 Å². The summed E-state index contributed by atoms with van der Waals surface area (Å²) in [5.41, 5.74) is 8.79. The number of anilines is 1. The van der Waals surface area contributed by atoms with Gasteiger partial charge in [-0.15, -0.1) is 0 Å². The summed E-state index contributed by atoms with van der Waals surface area (Å²) in [5.74, 6) is 0. The van der Waals surface area contributed by atoms with Crippen LogP contribution in [-0.4, -0.2) is 19.1 Å². The van der Waals surface area contributed by atoms with E-state index >= 15 is 0 Å². The highest BCUT2D eigenvalue weighted by atomic mass is 15.1. The average Bonchev–Trinajstić information content (AvgIpc) is 2.38. The van der Waals surface area contributed by atoms with Crippen molar-refractivity contribution in [1.29, 1.82) is 0 Å². The van der Waals surface area contributed by atoms with Crippen molar-refractivity contribution in [2.45, 2.75) is 51.1 Å². The van der Waals surface area contributed by atoms with Gasteiger partial charge < -0.3 is 10.6 Å². The fourth-order valence-corrected chi connectivity index (χ4v) is 2.73. The molecule has 2 N–H and O–H groups in total.